The summed E-state index contributed by atoms with van der Waals surface area (Å²) in [4.78, 5) is 12.4. The van der Waals surface area contributed by atoms with Crippen LogP contribution in [0.1, 0.15) is 31.2 Å². The van der Waals surface area contributed by atoms with E-state index in [-0.39, 0.29) is 11.4 Å². The Labute approximate surface area is 123 Å². The number of amides is 1. The summed E-state index contributed by atoms with van der Waals surface area (Å²) < 4.78 is 5.71. The number of ether oxygens (including phenoxy) is 1. The predicted molar refractivity (Wildman–Crippen MR) is 78.0 cm³/mol. The minimum atomic E-state index is -0.465. The van der Waals surface area contributed by atoms with Crippen molar-refractivity contribution >= 4 is 17.5 Å². The van der Waals surface area contributed by atoms with Crippen LogP contribution in [0, 0.1) is 0 Å². The Kier molecular flexibility index (Phi) is 3.61. The lowest BCUT2D eigenvalue weighted by Gasteiger charge is -2.29. The number of rotatable bonds is 3. The van der Waals surface area contributed by atoms with Gasteiger partial charge in [-0.05, 0) is 36.6 Å². The van der Waals surface area contributed by atoms with Crippen LogP contribution in [0.15, 0.2) is 18.2 Å². The summed E-state index contributed by atoms with van der Waals surface area (Å²) >= 11 is 5.96. The summed E-state index contributed by atoms with van der Waals surface area (Å²) in [6.07, 6.45) is 4.27. The number of nitrogens with two attached hydrogens (primary N) is 1. The van der Waals surface area contributed by atoms with Crippen molar-refractivity contribution in [3.8, 4) is 5.75 Å². The Morgan fingerprint density at radius 3 is 2.90 bits per heavy atom. The van der Waals surface area contributed by atoms with Crippen LogP contribution in [0.5, 0.6) is 5.75 Å². The van der Waals surface area contributed by atoms with Crippen molar-refractivity contribution in [3.05, 3.63) is 28.8 Å². The first-order valence-corrected chi connectivity index (χ1v) is 7.47. The zero-order valence-electron chi connectivity index (χ0n) is 11.3. The zero-order chi connectivity index (χ0) is 14.2. The second-order valence-corrected chi connectivity index (χ2v) is 6.18. The van der Waals surface area contributed by atoms with Gasteiger partial charge in [-0.25, -0.2) is 0 Å². The number of fused-ring (bicyclic) bond motifs is 1. The molecule has 108 valence electrons. The third-order valence-electron chi connectivity index (χ3n) is 4.33. The zero-order valence-corrected chi connectivity index (χ0v) is 12.1. The summed E-state index contributed by atoms with van der Waals surface area (Å²) in [6, 6.07) is 5.46. The minimum absolute atomic E-state index is 0.0651. The van der Waals surface area contributed by atoms with Gasteiger partial charge < -0.3 is 15.8 Å². The van der Waals surface area contributed by atoms with Crippen LogP contribution in [0.25, 0.3) is 0 Å². The Balaban J connectivity index is 1.68. The Bertz CT molecular complexity index is 527. The predicted octanol–water partition coefficient (Wildman–Crippen LogP) is 2.03. The van der Waals surface area contributed by atoms with Gasteiger partial charge in [-0.1, -0.05) is 24.4 Å². The molecule has 0 saturated heterocycles. The quantitative estimate of drug-likeness (QED) is 0.896. The van der Waals surface area contributed by atoms with Gasteiger partial charge in [0.2, 0.25) is 0 Å². The highest BCUT2D eigenvalue weighted by molar-refractivity contribution is 6.30. The van der Waals surface area contributed by atoms with Crippen molar-refractivity contribution in [2.24, 2.45) is 5.73 Å². The van der Waals surface area contributed by atoms with E-state index in [9.17, 15) is 4.79 Å². The highest BCUT2D eigenvalue weighted by Crippen LogP contribution is 2.33. The molecule has 0 radical (unpaired) electrons. The smallest absolute Gasteiger partial charge is 0.261 e. The first kappa shape index (κ1) is 13.7. The monoisotopic (exact) mass is 294 g/mol. The fourth-order valence-corrected chi connectivity index (χ4v) is 3.33. The first-order chi connectivity index (χ1) is 9.62. The Morgan fingerprint density at radius 1 is 1.45 bits per heavy atom. The van der Waals surface area contributed by atoms with Gasteiger partial charge in [0, 0.05) is 18.0 Å². The lowest BCUT2D eigenvalue weighted by molar-refractivity contribution is -0.129. The molecule has 5 heteroatoms. The van der Waals surface area contributed by atoms with E-state index in [0.29, 0.717) is 18.0 Å². The van der Waals surface area contributed by atoms with Gasteiger partial charge in [0.1, 0.15) is 5.75 Å². The highest BCUT2D eigenvalue weighted by atomic mass is 35.5. The topological polar surface area (TPSA) is 64.3 Å². The average Bonchev–Trinajstić information content (AvgIpc) is 3.05. The van der Waals surface area contributed by atoms with E-state index < -0.39 is 6.10 Å². The van der Waals surface area contributed by atoms with E-state index in [4.69, 9.17) is 22.1 Å². The van der Waals surface area contributed by atoms with Crippen LogP contribution in [-0.4, -0.2) is 24.1 Å². The van der Waals surface area contributed by atoms with E-state index in [1.165, 1.54) is 0 Å². The van der Waals surface area contributed by atoms with Crippen molar-refractivity contribution in [2.75, 3.05) is 6.54 Å². The van der Waals surface area contributed by atoms with E-state index in [0.717, 1.165) is 37.0 Å². The molecule has 1 atom stereocenters. The maximum atomic E-state index is 12.4. The number of nitrogens with one attached hydrogen (secondary N) is 1. The van der Waals surface area contributed by atoms with Gasteiger partial charge in [-0.3, -0.25) is 4.79 Å². The summed E-state index contributed by atoms with van der Waals surface area (Å²) in [7, 11) is 0. The molecule has 1 heterocycles. The van der Waals surface area contributed by atoms with Crippen molar-refractivity contribution in [1.82, 2.24) is 5.32 Å². The minimum Gasteiger partial charge on any atom is -0.480 e. The summed E-state index contributed by atoms with van der Waals surface area (Å²) in [6.45, 7) is 0.490. The number of hydrogen-bond acceptors (Lipinski definition) is 3. The van der Waals surface area contributed by atoms with Crippen LogP contribution < -0.4 is 15.8 Å². The molecule has 1 aromatic carbocycles. The maximum Gasteiger partial charge on any atom is 0.261 e. The van der Waals surface area contributed by atoms with Crippen LogP contribution in [0.2, 0.25) is 5.02 Å². The molecule has 4 nitrogen and oxygen atoms in total. The van der Waals surface area contributed by atoms with Crippen molar-refractivity contribution in [1.29, 1.82) is 0 Å². The van der Waals surface area contributed by atoms with Crippen LogP contribution in [0.4, 0.5) is 0 Å². The molecule has 1 saturated carbocycles. The number of hydrogen-bond donors (Lipinski definition) is 2. The second-order valence-electron chi connectivity index (χ2n) is 5.74. The molecule has 0 spiro atoms. The summed E-state index contributed by atoms with van der Waals surface area (Å²) in [5, 5.41) is 3.78. The third kappa shape index (κ3) is 2.50. The molecule has 1 amide bonds. The van der Waals surface area contributed by atoms with Crippen LogP contribution >= 0.6 is 11.6 Å². The molecular weight excluding hydrogens is 276 g/mol. The largest absolute Gasteiger partial charge is 0.480 e. The normalized spacial score (nSPS) is 23.2. The Hall–Kier alpha value is -1.26. The fraction of sp³-hybridized carbons (Fsp3) is 0.533. The molecule has 20 heavy (non-hydrogen) atoms. The lowest BCUT2D eigenvalue weighted by Crippen LogP contribution is -2.55. The van der Waals surface area contributed by atoms with E-state index in [1.807, 2.05) is 12.1 Å². The molecule has 0 aromatic heterocycles. The number of halogens is 1. The van der Waals surface area contributed by atoms with Gasteiger partial charge >= 0.3 is 0 Å². The van der Waals surface area contributed by atoms with Crippen LogP contribution in [0.3, 0.4) is 0 Å². The van der Waals surface area contributed by atoms with Gasteiger partial charge in [-0.2, -0.15) is 0 Å². The van der Waals surface area contributed by atoms with E-state index >= 15 is 0 Å². The van der Waals surface area contributed by atoms with Gasteiger partial charge in [-0.15, -0.1) is 0 Å². The summed E-state index contributed by atoms with van der Waals surface area (Å²) in [5.41, 5.74) is 6.61. The second kappa shape index (κ2) is 5.26. The first-order valence-electron chi connectivity index (χ1n) is 7.09. The average molecular weight is 295 g/mol. The number of benzene rings is 1. The molecule has 1 aliphatic carbocycles. The molecule has 1 aromatic rings. The number of carbonyl (C=O) groups excluding carboxylic acids is 1. The molecule has 0 bridgehead atoms. The van der Waals surface area contributed by atoms with Gasteiger partial charge in [0.15, 0.2) is 6.10 Å². The number of carbonyl (C=O) groups is 1. The molecule has 2 aliphatic rings. The third-order valence-corrected chi connectivity index (χ3v) is 4.56. The van der Waals surface area contributed by atoms with Gasteiger partial charge in [0.25, 0.3) is 5.91 Å². The van der Waals surface area contributed by atoms with E-state index in [1.54, 1.807) is 6.07 Å². The van der Waals surface area contributed by atoms with Crippen molar-refractivity contribution in [2.45, 2.75) is 43.7 Å². The molecule has 1 unspecified atom stereocenters. The molecule has 3 rings (SSSR count). The maximum absolute atomic E-state index is 12.4. The Morgan fingerprint density at radius 2 is 2.20 bits per heavy atom. The van der Waals surface area contributed by atoms with Crippen molar-refractivity contribution < 1.29 is 9.53 Å². The highest BCUT2D eigenvalue weighted by Gasteiger charge is 2.38. The SMILES string of the molecule is NCC1(NC(=O)C2Cc3cc(Cl)ccc3O2)CCCC1. The fourth-order valence-electron chi connectivity index (χ4n) is 3.14. The summed E-state index contributed by atoms with van der Waals surface area (Å²) in [5.74, 6) is 0.687. The molecular formula is C15H19ClN2O2. The standard InChI is InChI=1S/C15H19ClN2O2/c16-11-3-4-12-10(7-11)8-13(20-12)14(19)18-15(9-17)5-1-2-6-15/h3-4,7,13H,1-2,5-6,8-9,17H2,(H,18,19). The molecule has 3 N–H and O–H groups in total. The van der Waals surface area contributed by atoms with Crippen molar-refractivity contribution in [3.63, 3.8) is 0 Å². The van der Waals surface area contributed by atoms with Gasteiger partial charge in [0.05, 0.1) is 5.54 Å². The molecule has 1 aliphatic heterocycles. The molecule has 1 fully saturated rings. The van der Waals surface area contributed by atoms with E-state index in [2.05, 4.69) is 5.32 Å². The van der Waals surface area contributed by atoms with Crippen LogP contribution in [-0.2, 0) is 11.2 Å². The lowest BCUT2D eigenvalue weighted by atomic mass is 9.97.